The molecule has 3 aromatic carbocycles. The molecule has 0 spiro atoms. The molecule has 8 nitrogen and oxygen atoms in total. The van der Waals surface area contributed by atoms with Gasteiger partial charge in [-0.2, -0.15) is 4.73 Å². The number of hydrogen-bond donors (Lipinski definition) is 1. The molecule has 1 N–H and O–H groups in total. The van der Waals surface area contributed by atoms with Crippen molar-refractivity contribution in [1.29, 1.82) is 0 Å². The average Bonchev–Trinajstić information content (AvgIpc) is 2.96. The molecular formula is C32H34Cl2N2O6Si. The van der Waals surface area contributed by atoms with Crippen LogP contribution in [0.2, 0.25) is 29.7 Å². The van der Waals surface area contributed by atoms with Gasteiger partial charge in [-0.15, -0.1) is 0 Å². The van der Waals surface area contributed by atoms with Gasteiger partial charge in [-0.1, -0.05) is 47.5 Å². The smallest absolute Gasteiger partial charge is 0.338 e. The predicted octanol–water partition coefficient (Wildman–Crippen LogP) is 7.61. The van der Waals surface area contributed by atoms with Gasteiger partial charge in [0.25, 0.3) is 0 Å². The number of nitrogens with zero attached hydrogens (tertiary/aromatic N) is 1. The Morgan fingerprint density at radius 3 is 2.30 bits per heavy atom. The molecule has 0 aliphatic rings. The largest absolute Gasteiger partial charge is 0.619 e. The third-order valence-electron chi connectivity index (χ3n) is 6.39. The highest BCUT2D eigenvalue weighted by Gasteiger charge is 2.24. The standard InChI is InChI=1S/C32H34Cl2N2O6Si/c1-39-29-13-12-22(15-31(29)40-2)30(17-26-27(33)19-36(38)20-28(26)34)41-32(37)23-9-6-8-21(14-23)18-35-24-10-7-11-25(16-24)42-43(3,4)5/h6-16,19-20,30,35H,17-18H2,1-5H3/t30-/m0/s1. The minimum Gasteiger partial charge on any atom is -0.619 e. The molecule has 226 valence electrons. The first kappa shape index (κ1) is 32.0. The highest BCUT2D eigenvalue weighted by atomic mass is 35.5. The summed E-state index contributed by atoms with van der Waals surface area (Å²) >= 11 is 12.7. The van der Waals surface area contributed by atoms with E-state index >= 15 is 0 Å². The molecule has 1 atom stereocenters. The zero-order valence-corrected chi connectivity index (χ0v) is 27.2. The molecule has 4 aromatic rings. The average molecular weight is 642 g/mol. The molecule has 43 heavy (non-hydrogen) atoms. The van der Waals surface area contributed by atoms with E-state index in [9.17, 15) is 10.0 Å². The van der Waals surface area contributed by atoms with Crippen LogP contribution in [0.5, 0.6) is 17.2 Å². The van der Waals surface area contributed by atoms with Crippen molar-refractivity contribution in [1.82, 2.24) is 0 Å². The fraction of sp³-hybridized carbons (Fsp3) is 0.250. The van der Waals surface area contributed by atoms with Crippen molar-refractivity contribution in [3.63, 3.8) is 0 Å². The summed E-state index contributed by atoms with van der Waals surface area (Å²) in [6.07, 6.45) is 1.73. The van der Waals surface area contributed by atoms with E-state index in [1.54, 1.807) is 30.3 Å². The van der Waals surface area contributed by atoms with Gasteiger partial charge in [0.05, 0.1) is 19.8 Å². The fourth-order valence-corrected chi connectivity index (χ4v) is 5.86. The lowest BCUT2D eigenvalue weighted by atomic mass is 10.0. The van der Waals surface area contributed by atoms with Gasteiger partial charge in [0, 0.05) is 30.3 Å². The molecule has 0 saturated carbocycles. The maximum atomic E-state index is 13.5. The quantitative estimate of drug-likeness (QED) is 0.0737. The van der Waals surface area contributed by atoms with Gasteiger partial charge in [0.1, 0.15) is 21.9 Å². The first-order valence-electron chi connectivity index (χ1n) is 13.6. The van der Waals surface area contributed by atoms with Gasteiger partial charge in [-0.05, 0) is 67.2 Å². The lowest BCUT2D eigenvalue weighted by molar-refractivity contribution is -0.605. The number of halogens is 2. The van der Waals surface area contributed by atoms with Crippen LogP contribution in [-0.4, -0.2) is 28.5 Å². The number of anilines is 1. The number of benzene rings is 3. The summed E-state index contributed by atoms with van der Waals surface area (Å²) < 4.78 is 23.5. The van der Waals surface area contributed by atoms with Crippen LogP contribution in [0.3, 0.4) is 0 Å². The molecule has 0 aliphatic carbocycles. The number of hydrogen-bond acceptors (Lipinski definition) is 7. The molecular weight excluding hydrogens is 607 g/mol. The van der Waals surface area contributed by atoms with E-state index in [1.807, 2.05) is 36.4 Å². The van der Waals surface area contributed by atoms with Crippen LogP contribution in [0, 0.1) is 5.21 Å². The van der Waals surface area contributed by atoms with Crippen molar-refractivity contribution in [2.45, 2.75) is 38.7 Å². The summed E-state index contributed by atoms with van der Waals surface area (Å²) in [5.41, 5.74) is 3.29. The summed E-state index contributed by atoms with van der Waals surface area (Å²) in [6.45, 7) is 6.90. The molecule has 11 heteroatoms. The molecule has 0 amide bonds. The molecule has 0 saturated heterocycles. The molecule has 0 radical (unpaired) electrons. The molecule has 0 bridgehead atoms. The van der Waals surface area contributed by atoms with Gasteiger partial charge in [-0.25, -0.2) is 4.79 Å². The fourth-order valence-electron chi connectivity index (χ4n) is 4.42. The SMILES string of the molecule is COc1ccc([C@H](Cc2c(Cl)c[n+]([O-])cc2Cl)OC(=O)c2cccc(CNc3cccc(O[Si](C)(C)C)c3)c2)cc1OC. The van der Waals surface area contributed by atoms with Crippen LogP contribution >= 0.6 is 23.2 Å². The minimum absolute atomic E-state index is 0.122. The third-order valence-corrected chi connectivity index (χ3v) is 7.89. The molecule has 4 rings (SSSR count). The summed E-state index contributed by atoms with van der Waals surface area (Å²) in [5, 5.41) is 15.5. The van der Waals surface area contributed by atoms with Crippen LogP contribution in [0.15, 0.2) is 79.1 Å². The number of nitrogens with one attached hydrogen (secondary N) is 1. The van der Waals surface area contributed by atoms with E-state index in [4.69, 9.17) is 41.8 Å². The Balaban J connectivity index is 1.56. The van der Waals surface area contributed by atoms with Crippen molar-refractivity contribution in [2.24, 2.45) is 0 Å². The lowest BCUT2D eigenvalue weighted by Crippen LogP contribution is -2.29. The Hall–Kier alpha value is -3.92. The first-order valence-corrected chi connectivity index (χ1v) is 17.7. The van der Waals surface area contributed by atoms with Crippen LogP contribution < -0.4 is 23.9 Å². The van der Waals surface area contributed by atoms with E-state index in [0.29, 0.717) is 39.5 Å². The molecule has 0 unspecified atom stereocenters. The number of ether oxygens (including phenoxy) is 3. The zero-order chi connectivity index (χ0) is 31.1. The normalized spacial score (nSPS) is 11.9. The predicted molar refractivity (Wildman–Crippen MR) is 171 cm³/mol. The number of carbonyl (C=O) groups excluding carboxylic acids is 1. The Labute approximate surface area is 262 Å². The number of methoxy groups -OCH3 is 2. The zero-order valence-electron chi connectivity index (χ0n) is 24.6. The van der Waals surface area contributed by atoms with Crippen molar-refractivity contribution < 1.29 is 28.2 Å². The van der Waals surface area contributed by atoms with E-state index in [-0.39, 0.29) is 16.5 Å². The Kier molecular flexibility index (Phi) is 10.4. The third kappa shape index (κ3) is 8.79. The van der Waals surface area contributed by atoms with Crippen LogP contribution in [0.25, 0.3) is 0 Å². The van der Waals surface area contributed by atoms with Crippen molar-refractivity contribution >= 4 is 43.2 Å². The number of rotatable bonds is 12. The maximum absolute atomic E-state index is 13.5. The van der Waals surface area contributed by atoms with Crippen LogP contribution in [0.4, 0.5) is 5.69 Å². The Morgan fingerprint density at radius 1 is 0.930 bits per heavy atom. The highest BCUT2D eigenvalue weighted by Crippen LogP contribution is 2.35. The minimum atomic E-state index is -1.73. The Bertz CT molecular complexity index is 1570. The van der Waals surface area contributed by atoms with Gasteiger partial charge < -0.3 is 29.2 Å². The number of esters is 1. The van der Waals surface area contributed by atoms with Gasteiger partial charge >= 0.3 is 5.97 Å². The topological polar surface area (TPSA) is 93.0 Å². The Morgan fingerprint density at radius 2 is 1.63 bits per heavy atom. The summed E-state index contributed by atoms with van der Waals surface area (Å²) in [5.74, 6) is 1.29. The van der Waals surface area contributed by atoms with E-state index < -0.39 is 20.4 Å². The lowest BCUT2D eigenvalue weighted by Gasteiger charge is -2.21. The summed E-state index contributed by atoms with van der Waals surface area (Å²) in [6, 6.07) is 20.3. The van der Waals surface area contributed by atoms with Crippen LogP contribution in [0.1, 0.15) is 33.2 Å². The van der Waals surface area contributed by atoms with E-state index in [1.165, 1.54) is 26.6 Å². The maximum Gasteiger partial charge on any atom is 0.338 e. The number of pyridine rings is 1. The molecule has 0 fully saturated rings. The first-order chi connectivity index (χ1) is 20.5. The molecule has 1 heterocycles. The second kappa shape index (κ2) is 14.0. The second-order valence-electron chi connectivity index (χ2n) is 10.8. The van der Waals surface area contributed by atoms with Gasteiger partial charge in [0.15, 0.2) is 23.9 Å². The van der Waals surface area contributed by atoms with E-state index in [2.05, 4.69) is 25.0 Å². The molecule has 0 aliphatic heterocycles. The monoisotopic (exact) mass is 640 g/mol. The van der Waals surface area contributed by atoms with Crippen molar-refractivity contribution in [3.8, 4) is 17.2 Å². The van der Waals surface area contributed by atoms with Crippen molar-refractivity contribution in [2.75, 3.05) is 19.5 Å². The van der Waals surface area contributed by atoms with Crippen molar-refractivity contribution in [3.05, 3.63) is 117 Å². The highest BCUT2D eigenvalue weighted by molar-refractivity contribution is 6.70. The second-order valence-corrected chi connectivity index (χ2v) is 16.0. The number of aromatic nitrogens is 1. The van der Waals surface area contributed by atoms with Gasteiger partial charge in [0.2, 0.25) is 8.32 Å². The van der Waals surface area contributed by atoms with Crippen LogP contribution in [-0.2, 0) is 17.7 Å². The molecule has 1 aromatic heterocycles. The number of carbonyl (C=O) groups is 1. The van der Waals surface area contributed by atoms with Gasteiger partial charge in [-0.3, -0.25) is 0 Å². The van der Waals surface area contributed by atoms with E-state index in [0.717, 1.165) is 17.0 Å². The summed E-state index contributed by atoms with van der Waals surface area (Å²) in [7, 11) is 1.33. The summed E-state index contributed by atoms with van der Waals surface area (Å²) in [4.78, 5) is 13.5.